The van der Waals surface area contributed by atoms with E-state index in [4.69, 9.17) is 20.3 Å². The molecule has 0 spiro atoms. The van der Waals surface area contributed by atoms with E-state index in [0.29, 0.717) is 27.2 Å². The molecule has 0 saturated heterocycles. The zero-order chi connectivity index (χ0) is 35.9. The molecule has 2 aromatic heterocycles. The smallest absolute Gasteiger partial charge is 0.406 e. The number of aliphatic hydroxyl groups is 1. The number of nitrogens with zero attached hydrogens (tertiary/aromatic N) is 2. The lowest BCUT2D eigenvalue weighted by Crippen LogP contribution is -2.27. The van der Waals surface area contributed by atoms with Crippen molar-refractivity contribution in [3.63, 3.8) is 0 Å². The van der Waals surface area contributed by atoms with Gasteiger partial charge < -0.3 is 35.7 Å². The van der Waals surface area contributed by atoms with E-state index in [1.165, 1.54) is 19.2 Å². The minimum Gasteiger partial charge on any atom is -0.493 e. The van der Waals surface area contributed by atoms with Crippen LogP contribution < -0.4 is 26.0 Å². The summed E-state index contributed by atoms with van der Waals surface area (Å²) >= 11 is 0. The van der Waals surface area contributed by atoms with Gasteiger partial charge in [-0.1, -0.05) is 30.3 Å². The highest BCUT2D eigenvalue weighted by molar-refractivity contribution is 6.04. The quantitative estimate of drug-likeness (QED) is 0.148. The standard InChI is InChI=1S/C33H26F4N4O4.C3H8O.ClH.H2O/c1-44-28-12-7-21(14-29(28)45-2)22-13-25(31(38)39-15-22)19-5-10-24(11-6-19)40-32(43)27-17-41(18-33(35,36)37)16-26(30(27)42)20-3-8-23(34)9-4-20;1-3(2)4;;/h3-17H,18H2,1-2H3,(H2,38,39)(H,40,43);3-4H,1-2H3;1H;1H2. The number of halogens is 5. The van der Waals surface area contributed by atoms with Gasteiger partial charge in [-0.15, -0.1) is 12.4 Å². The third kappa shape index (κ3) is 11.0. The van der Waals surface area contributed by atoms with Gasteiger partial charge in [0.15, 0.2) is 11.5 Å². The van der Waals surface area contributed by atoms with Gasteiger partial charge in [0, 0.05) is 47.1 Å². The van der Waals surface area contributed by atoms with Crippen LogP contribution in [0.15, 0.2) is 96.2 Å². The van der Waals surface area contributed by atoms with E-state index in [9.17, 15) is 27.2 Å². The molecule has 0 radical (unpaired) electrons. The molecule has 0 fully saturated rings. The van der Waals surface area contributed by atoms with E-state index in [2.05, 4.69) is 10.3 Å². The second-order valence-electron chi connectivity index (χ2n) is 11.1. The number of nitrogen functional groups attached to an aromatic ring is 1. The summed E-state index contributed by atoms with van der Waals surface area (Å²) in [7, 11) is 3.08. The van der Waals surface area contributed by atoms with Crippen LogP contribution in [0.4, 0.5) is 29.1 Å². The summed E-state index contributed by atoms with van der Waals surface area (Å²) in [5.41, 5.74) is 7.97. The summed E-state index contributed by atoms with van der Waals surface area (Å²) < 4.78 is 64.5. The zero-order valence-electron chi connectivity index (χ0n) is 27.9. The van der Waals surface area contributed by atoms with Gasteiger partial charge in [-0.3, -0.25) is 9.59 Å². The average molecular weight is 733 g/mol. The Labute approximate surface area is 297 Å². The maximum atomic E-state index is 13.4. The molecule has 0 aliphatic carbocycles. The van der Waals surface area contributed by atoms with E-state index < -0.39 is 35.4 Å². The van der Waals surface area contributed by atoms with Crippen molar-refractivity contribution in [2.75, 3.05) is 25.3 Å². The van der Waals surface area contributed by atoms with Gasteiger partial charge in [0.25, 0.3) is 5.91 Å². The Morgan fingerprint density at radius 2 is 1.43 bits per heavy atom. The number of alkyl halides is 3. The van der Waals surface area contributed by atoms with E-state index in [0.717, 1.165) is 35.7 Å². The van der Waals surface area contributed by atoms with Crippen LogP contribution in [0.1, 0.15) is 24.2 Å². The van der Waals surface area contributed by atoms with E-state index in [1.807, 2.05) is 18.2 Å². The number of aromatic nitrogens is 2. The van der Waals surface area contributed by atoms with Crippen molar-refractivity contribution in [1.82, 2.24) is 9.55 Å². The number of ether oxygens (including phenoxy) is 2. The summed E-state index contributed by atoms with van der Waals surface area (Å²) in [5, 5.41) is 10.6. The number of benzene rings is 3. The van der Waals surface area contributed by atoms with Crippen molar-refractivity contribution in [2.24, 2.45) is 0 Å². The van der Waals surface area contributed by atoms with Crippen LogP contribution in [-0.4, -0.2) is 52.5 Å². The summed E-state index contributed by atoms with van der Waals surface area (Å²) in [6.07, 6.45) is -1.33. The van der Waals surface area contributed by atoms with Gasteiger partial charge in [-0.2, -0.15) is 13.2 Å². The van der Waals surface area contributed by atoms with Gasteiger partial charge in [0.2, 0.25) is 5.43 Å². The molecule has 5 aromatic rings. The van der Waals surface area contributed by atoms with Crippen LogP contribution in [0.3, 0.4) is 0 Å². The van der Waals surface area contributed by atoms with Crippen LogP contribution in [0, 0.1) is 5.82 Å². The number of aliphatic hydroxyl groups excluding tert-OH is 1. The number of carbonyl (C=O) groups is 1. The highest BCUT2D eigenvalue weighted by atomic mass is 35.5. The molecule has 0 bridgehead atoms. The number of carbonyl (C=O) groups excluding carboxylic acids is 1. The molecule has 6 N–H and O–H groups in total. The number of hydrogen-bond donors (Lipinski definition) is 3. The molecule has 5 rings (SSSR count). The Balaban J connectivity index is 0.00000143. The molecular weight excluding hydrogens is 696 g/mol. The molecule has 3 aromatic carbocycles. The number of methoxy groups -OCH3 is 2. The van der Waals surface area contributed by atoms with Crippen molar-refractivity contribution in [3.05, 3.63) is 113 Å². The molecule has 0 atom stereocenters. The normalized spacial score (nSPS) is 10.6. The van der Waals surface area contributed by atoms with Crippen LogP contribution in [0.25, 0.3) is 33.4 Å². The summed E-state index contributed by atoms with van der Waals surface area (Å²) in [5.74, 6) is -0.120. The third-order valence-corrected chi connectivity index (χ3v) is 6.93. The van der Waals surface area contributed by atoms with E-state index in [1.54, 1.807) is 57.5 Å². The van der Waals surface area contributed by atoms with Crippen molar-refractivity contribution >= 4 is 29.8 Å². The predicted molar refractivity (Wildman–Crippen MR) is 191 cm³/mol. The van der Waals surface area contributed by atoms with E-state index >= 15 is 0 Å². The molecule has 0 aliphatic heterocycles. The third-order valence-electron chi connectivity index (χ3n) is 6.93. The van der Waals surface area contributed by atoms with E-state index in [-0.39, 0.29) is 46.6 Å². The maximum absolute atomic E-state index is 13.4. The molecule has 10 nitrogen and oxygen atoms in total. The molecule has 272 valence electrons. The number of pyridine rings is 2. The molecule has 0 unspecified atom stereocenters. The summed E-state index contributed by atoms with van der Waals surface area (Å²) in [6, 6.07) is 18.4. The molecule has 1 amide bonds. The Kier molecular flexibility index (Phi) is 14.7. The maximum Gasteiger partial charge on any atom is 0.406 e. The number of rotatable bonds is 8. The summed E-state index contributed by atoms with van der Waals surface area (Å²) in [4.78, 5) is 30.7. The number of hydrogen-bond acceptors (Lipinski definition) is 7. The van der Waals surface area contributed by atoms with Gasteiger partial charge in [-0.25, -0.2) is 9.37 Å². The number of anilines is 2. The Bertz CT molecular complexity index is 1980. The van der Waals surface area contributed by atoms with Crippen LogP contribution in [-0.2, 0) is 6.54 Å². The lowest BCUT2D eigenvalue weighted by Gasteiger charge is -2.14. The lowest BCUT2D eigenvalue weighted by molar-refractivity contribution is -0.140. The van der Waals surface area contributed by atoms with Crippen LogP contribution in [0.5, 0.6) is 11.5 Å². The summed E-state index contributed by atoms with van der Waals surface area (Å²) in [6.45, 7) is 2.01. The zero-order valence-corrected chi connectivity index (χ0v) is 28.7. The van der Waals surface area contributed by atoms with Gasteiger partial charge in [-0.05, 0) is 73.0 Å². The molecule has 0 saturated carbocycles. The number of nitrogens with one attached hydrogen (secondary N) is 1. The minimum atomic E-state index is -4.62. The second kappa shape index (κ2) is 18.0. The fraction of sp³-hybridized carbons (Fsp3) is 0.194. The lowest BCUT2D eigenvalue weighted by atomic mass is 10.0. The first-order valence-electron chi connectivity index (χ1n) is 14.8. The average Bonchev–Trinajstić information content (AvgIpc) is 3.05. The second-order valence-corrected chi connectivity index (χ2v) is 11.1. The highest BCUT2D eigenvalue weighted by Gasteiger charge is 2.29. The first-order chi connectivity index (χ1) is 23.2. The SMILES string of the molecule is CC(C)O.COc1ccc(-c2cnc(N)c(-c3ccc(NC(=O)c4cn(CC(F)(F)F)cc(-c5ccc(F)cc5)c4=O)cc3)c2)cc1OC.Cl.O. The van der Waals surface area contributed by atoms with Crippen molar-refractivity contribution < 1.29 is 42.4 Å². The fourth-order valence-corrected chi connectivity index (χ4v) is 4.74. The van der Waals surface area contributed by atoms with Crippen LogP contribution >= 0.6 is 12.4 Å². The largest absolute Gasteiger partial charge is 0.493 e. The molecule has 2 heterocycles. The van der Waals surface area contributed by atoms with Crippen molar-refractivity contribution in [3.8, 4) is 44.9 Å². The fourth-order valence-electron chi connectivity index (χ4n) is 4.74. The Morgan fingerprint density at radius 1 is 0.882 bits per heavy atom. The predicted octanol–water partition coefficient (Wildman–Crippen LogP) is 6.78. The van der Waals surface area contributed by atoms with Crippen molar-refractivity contribution in [2.45, 2.75) is 32.7 Å². The minimum absolute atomic E-state index is 0. The molecule has 15 heteroatoms. The first kappa shape index (κ1) is 41.7. The Morgan fingerprint density at radius 3 is 2.00 bits per heavy atom. The molecule has 51 heavy (non-hydrogen) atoms. The molecular formula is C36H37ClF4N4O6. The number of amides is 1. The Hall–Kier alpha value is -5.44. The van der Waals surface area contributed by atoms with Crippen molar-refractivity contribution in [1.29, 1.82) is 0 Å². The monoisotopic (exact) mass is 732 g/mol. The molecule has 0 aliphatic rings. The highest BCUT2D eigenvalue weighted by Crippen LogP contribution is 2.35. The van der Waals surface area contributed by atoms with Gasteiger partial charge in [0.1, 0.15) is 23.7 Å². The van der Waals surface area contributed by atoms with Gasteiger partial charge >= 0.3 is 6.18 Å². The number of nitrogens with two attached hydrogens (primary N) is 1. The van der Waals surface area contributed by atoms with Gasteiger partial charge in [0.05, 0.1) is 14.2 Å². The van der Waals surface area contributed by atoms with Crippen LogP contribution in [0.2, 0.25) is 0 Å². The first-order valence-corrected chi connectivity index (χ1v) is 14.8. The topological polar surface area (TPSA) is 160 Å².